The first kappa shape index (κ1) is 19.3. The fraction of sp³-hybridized carbons (Fsp3) is 0.364. The van der Waals surface area contributed by atoms with Crippen LogP contribution in [0.4, 0.5) is 0 Å². The first-order valence-electron chi connectivity index (χ1n) is 10.1. The van der Waals surface area contributed by atoms with Crippen LogP contribution in [0.25, 0.3) is 17.4 Å². The number of nitrogens with one attached hydrogen (secondary N) is 2. The Morgan fingerprint density at radius 1 is 1.34 bits per heavy atom. The van der Waals surface area contributed by atoms with E-state index in [2.05, 4.69) is 26.3 Å². The first-order valence-corrected chi connectivity index (χ1v) is 10.1. The molecule has 1 aliphatic rings. The van der Waals surface area contributed by atoms with E-state index in [0.29, 0.717) is 23.0 Å². The quantitative estimate of drug-likeness (QED) is 0.705. The van der Waals surface area contributed by atoms with Gasteiger partial charge in [0.25, 0.3) is 5.56 Å². The monoisotopic (exact) mass is 391 g/mol. The van der Waals surface area contributed by atoms with Gasteiger partial charge in [-0.3, -0.25) is 9.20 Å². The standard InChI is InChI=1S/C22H26N6O/c1-3-18-20(25-12-14(2)26-18)10-17(23)19-11-22(29)28-13-16(4-5-21(28)27-19)15-6-8-24-9-7-15/h4-5,10-13,15,24H,3,6-9,23H2,1-2H3/p+1. The first-order chi connectivity index (χ1) is 14.0. The van der Waals surface area contributed by atoms with E-state index >= 15 is 0 Å². The zero-order valence-corrected chi connectivity index (χ0v) is 16.9. The van der Waals surface area contributed by atoms with Crippen molar-refractivity contribution < 1.29 is 4.98 Å². The molecule has 0 amide bonds. The minimum atomic E-state index is -0.126. The van der Waals surface area contributed by atoms with Crippen molar-refractivity contribution in [3.8, 4) is 0 Å². The minimum Gasteiger partial charge on any atom is -0.397 e. The van der Waals surface area contributed by atoms with E-state index in [-0.39, 0.29) is 5.56 Å². The third-order valence-corrected chi connectivity index (χ3v) is 5.48. The van der Waals surface area contributed by atoms with Crippen molar-refractivity contribution in [2.75, 3.05) is 13.1 Å². The van der Waals surface area contributed by atoms with Crippen molar-refractivity contribution in [2.45, 2.75) is 39.0 Å². The summed E-state index contributed by atoms with van der Waals surface area (Å²) in [4.78, 5) is 25.1. The summed E-state index contributed by atoms with van der Waals surface area (Å²) in [6, 6.07) is 5.49. The molecule has 0 spiro atoms. The van der Waals surface area contributed by atoms with Crippen molar-refractivity contribution in [3.05, 3.63) is 69.3 Å². The number of H-pyrrole nitrogens is 1. The second kappa shape index (κ2) is 8.13. The van der Waals surface area contributed by atoms with Gasteiger partial charge >= 0.3 is 0 Å². The Bertz CT molecular complexity index is 1130. The molecule has 150 valence electrons. The van der Waals surface area contributed by atoms with E-state index in [1.165, 1.54) is 11.6 Å². The predicted octanol–water partition coefficient (Wildman–Crippen LogP) is 1.70. The third-order valence-electron chi connectivity index (χ3n) is 5.48. The van der Waals surface area contributed by atoms with Crippen molar-refractivity contribution in [1.82, 2.24) is 19.7 Å². The molecule has 3 aromatic heterocycles. The van der Waals surface area contributed by atoms with E-state index in [0.717, 1.165) is 49.4 Å². The Morgan fingerprint density at radius 2 is 2.14 bits per heavy atom. The van der Waals surface area contributed by atoms with E-state index in [4.69, 9.17) is 5.73 Å². The summed E-state index contributed by atoms with van der Waals surface area (Å²) in [5.41, 5.74) is 11.5. The Morgan fingerprint density at radius 3 is 2.90 bits per heavy atom. The predicted molar refractivity (Wildman–Crippen MR) is 113 cm³/mol. The maximum Gasteiger partial charge on any atom is 0.258 e. The number of aryl methyl sites for hydroxylation is 2. The molecule has 0 atom stereocenters. The molecule has 0 aliphatic carbocycles. The fourth-order valence-corrected chi connectivity index (χ4v) is 3.86. The van der Waals surface area contributed by atoms with Gasteiger partial charge in [-0.15, -0.1) is 0 Å². The van der Waals surface area contributed by atoms with Gasteiger partial charge in [0.1, 0.15) is 17.0 Å². The number of aromatic nitrogens is 4. The largest absolute Gasteiger partial charge is 0.397 e. The van der Waals surface area contributed by atoms with Crippen LogP contribution in [0.15, 0.2) is 35.4 Å². The van der Waals surface area contributed by atoms with Crippen LogP contribution in [0.5, 0.6) is 0 Å². The average molecular weight is 391 g/mol. The summed E-state index contributed by atoms with van der Waals surface area (Å²) >= 11 is 0. The molecule has 0 unspecified atom stereocenters. The van der Waals surface area contributed by atoms with Gasteiger partial charge in [-0.2, -0.15) is 0 Å². The number of nitrogens with two attached hydrogens (primary N) is 1. The number of rotatable bonds is 4. The van der Waals surface area contributed by atoms with Crippen LogP contribution >= 0.6 is 0 Å². The lowest BCUT2D eigenvalue weighted by Crippen LogP contribution is -2.27. The van der Waals surface area contributed by atoms with Crippen molar-refractivity contribution >= 4 is 17.4 Å². The lowest BCUT2D eigenvalue weighted by atomic mass is 9.91. The molecule has 4 heterocycles. The number of fused-ring (bicyclic) bond motifs is 1. The van der Waals surface area contributed by atoms with Crippen molar-refractivity contribution in [2.24, 2.45) is 5.73 Å². The minimum absolute atomic E-state index is 0.126. The van der Waals surface area contributed by atoms with Gasteiger partial charge in [0, 0.05) is 18.3 Å². The normalized spacial score (nSPS) is 15.7. The Hall–Kier alpha value is -3.06. The van der Waals surface area contributed by atoms with Gasteiger partial charge in [-0.25, -0.2) is 15.0 Å². The third kappa shape index (κ3) is 4.05. The molecule has 1 aliphatic heterocycles. The van der Waals surface area contributed by atoms with Crippen LogP contribution in [0, 0.1) is 6.92 Å². The number of piperidine rings is 1. The zero-order valence-electron chi connectivity index (χ0n) is 16.9. The van der Waals surface area contributed by atoms with Crippen molar-refractivity contribution in [1.29, 1.82) is 0 Å². The highest BCUT2D eigenvalue weighted by atomic mass is 16.1. The fourth-order valence-electron chi connectivity index (χ4n) is 3.86. The van der Waals surface area contributed by atoms with Crippen LogP contribution in [-0.2, 0) is 6.42 Å². The molecule has 0 bridgehead atoms. The van der Waals surface area contributed by atoms with E-state index in [1.807, 2.05) is 32.3 Å². The Balaban J connectivity index is 1.70. The highest BCUT2D eigenvalue weighted by molar-refractivity contribution is 5.76. The summed E-state index contributed by atoms with van der Waals surface area (Å²) in [5.74, 6) is 0.481. The van der Waals surface area contributed by atoms with Gasteiger partial charge in [-0.1, -0.05) is 13.0 Å². The summed E-state index contributed by atoms with van der Waals surface area (Å²) in [6.45, 7) is 6.02. The summed E-state index contributed by atoms with van der Waals surface area (Å²) in [7, 11) is 0. The molecular formula is C22H27N6O+. The van der Waals surface area contributed by atoms with Gasteiger partial charge in [0.2, 0.25) is 5.69 Å². The second-order valence-corrected chi connectivity index (χ2v) is 7.55. The van der Waals surface area contributed by atoms with Gasteiger partial charge < -0.3 is 11.1 Å². The Kier molecular flexibility index (Phi) is 5.40. The Labute approximate surface area is 169 Å². The number of hydrogen-bond acceptors (Lipinski definition) is 5. The maximum absolute atomic E-state index is 12.8. The van der Waals surface area contributed by atoms with Crippen LogP contribution in [0.3, 0.4) is 0 Å². The molecule has 4 N–H and O–H groups in total. The number of nitrogens with zero attached hydrogens (tertiary/aromatic N) is 3. The topological polar surface area (TPSA) is 99.5 Å². The molecule has 7 heteroatoms. The van der Waals surface area contributed by atoms with E-state index in [1.54, 1.807) is 10.5 Å². The summed E-state index contributed by atoms with van der Waals surface area (Å²) < 4.78 is 1.62. The molecular weight excluding hydrogens is 364 g/mol. The summed E-state index contributed by atoms with van der Waals surface area (Å²) in [5, 5.41) is 3.38. The molecule has 3 aromatic rings. The highest BCUT2D eigenvalue weighted by Crippen LogP contribution is 2.25. The average Bonchev–Trinajstić information content (AvgIpc) is 2.75. The molecule has 7 nitrogen and oxygen atoms in total. The SMILES string of the molecule is CCc1nc(C)c[nH+]c1C=C(N)c1cc(=O)n2cc(C3CCNCC3)ccc2n1. The van der Waals surface area contributed by atoms with Gasteiger partial charge in [-0.05, 0) is 56.8 Å². The lowest BCUT2D eigenvalue weighted by molar-refractivity contribution is -0.383. The van der Waals surface area contributed by atoms with Crippen LogP contribution in [0.1, 0.15) is 54.0 Å². The van der Waals surface area contributed by atoms with Crippen LogP contribution < -0.4 is 21.6 Å². The number of pyridine rings is 1. The number of aromatic amines is 1. The maximum atomic E-state index is 12.8. The molecule has 0 saturated carbocycles. The summed E-state index contributed by atoms with van der Waals surface area (Å²) in [6.07, 6.45) is 8.52. The van der Waals surface area contributed by atoms with Crippen molar-refractivity contribution in [3.63, 3.8) is 0 Å². The molecule has 0 aromatic carbocycles. The zero-order chi connectivity index (χ0) is 20.4. The molecule has 4 rings (SSSR count). The van der Waals surface area contributed by atoms with Crippen LogP contribution in [-0.4, -0.2) is 27.5 Å². The van der Waals surface area contributed by atoms with Gasteiger partial charge in [0.05, 0.1) is 11.4 Å². The molecule has 1 fully saturated rings. The number of hydrogen-bond donors (Lipinski definition) is 2. The van der Waals surface area contributed by atoms with E-state index < -0.39 is 0 Å². The van der Waals surface area contributed by atoms with Crippen LogP contribution in [0.2, 0.25) is 0 Å². The smallest absolute Gasteiger partial charge is 0.258 e. The highest BCUT2D eigenvalue weighted by Gasteiger charge is 2.17. The molecule has 29 heavy (non-hydrogen) atoms. The molecule has 1 saturated heterocycles. The second-order valence-electron chi connectivity index (χ2n) is 7.55. The molecule has 0 radical (unpaired) electrons. The van der Waals surface area contributed by atoms with Gasteiger partial charge in [0.15, 0.2) is 6.20 Å². The van der Waals surface area contributed by atoms with E-state index in [9.17, 15) is 4.79 Å². The lowest BCUT2D eigenvalue weighted by Gasteiger charge is -2.23.